The Morgan fingerprint density at radius 1 is 1.08 bits per heavy atom. The van der Waals surface area contributed by atoms with Crippen LogP contribution in [-0.4, -0.2) is 85.0 Å². The number of halogens is 3. The first-order chi connectivity index (χ1) is 17.2. The molecule has 0 radical (unpaired) electrons. The zero-order chi connectivity index (χ0) is 27.8. The molecular weight excluding hydrogens is 515 g/mol. The van der Waals surface area contributed by atoms with E-state index in [0.717, 1.165) is 36.9 Å². The van der Waals surface area contributed by atoms with Crippen LogP contribution in [0.15, 0.2) is 53.4 Å². The molecule has 0 saturated carbocycles. The molecule has 3 rings (SSSR count). The Balaban J connectivity index is 0.00000112. The Hall–Kier alpha value is -3.20. The molecule has 1 heterocycles. The van der Waals surface area contributed by atoms with Gasteiger partial charge in [-0.05, 0) is 48.5 Å². The molecular formula is C23H30F3N5O5S. The Morgan fingerprint density at radius 3 is 2.05 bits per heavy atom. The Labute approximate surface area is 213 Å². The molecule has 14 heteroatoms. The molecule has 1 aliphatic rings. The molecule has 0 bridgehead atoms. The van der Waals surface area contributed by atoms with Crippen LogP contribution in [0.2, 0.25) is 0 Å². The predicted octanol–water partition coefficient (Wildman–Crippen LogP) is 1.86. The lowest BCUT2D eigenvalue weighted by atomic mass is 10.2. The van der Waals surface area contributed by atoms with Crippen LogP contribution >= 0.6 is 0 Å². The number of nitrogens with two attached hydrogens (primary N) is 1. The fourth-order valence-corrected chi connectivity index (χ4v) is 4.91. The van der Waals surface area contributed by atoms with Gasteiger partial charge in [-0.3, -0.25) is 15.1 Å². The molecule has 1 fully saturated rings. The molecule has 10 nitrogen and oxygen atoms in total. The van der Waals surface area contributed by atoms with E-state index >= 15 is 0 Å². The van der Waals surface area contributed by atoms with Gasteiger partial charge in [-0.1, -0.05) is 0 Å². The molecule has 0 spiro atoms. The highest BCUT2D eigenvalue weighted by molar-refractivity contribution is 7.89. The van der Waals surface area contributed by atoms with Crippen LogP contribution in [0.3, 0.4) is 0 Å². The molecule has 1 saturated heterocycles. The minimum Gasteiger partial charge on any atom is -0.481 e. The van der Waals surface area contributed by atoms with Gasteiger partial charge >= 0.3 is 6.18 Å². The molecule has 0 aliphatic carbocycles. The monoisotopic (exact) mass is 545 g/mol. The number of nitrogens with one attached hydrogen (secondary N) is 2. The number of carboxylic acid groups (broad SMARTS) is 1. The number of carbonyl (C=O) groups is 1. The third kappa shape index (κ3) is 9.31. The van der Waals surface area contributed by atoms with E-state index in [-0.39, 0.29) is 30.4 Å². The van der Waals surface area contributed by atoms with Crippen molar-refractivity contribution < 1.29 is 36.6 Å². The number of aliphatic hydroxyl groups excluding tert-OH is 1. The van der Waals surface area contributed by atoms with Gasteiger partial charge in [0, 0.05) is 57.4 Å². The van der Waals surface area contributed by atoms with Crippen molar-refractivity contribution >= 4 is 27.5 Å². The number of benzene rings is 2. The smallest absolute Gasteiger partial charge is 0.416 e. The van der Waals surface area contributed by atoms with Gasteiger partial charge in [-0.2, -0.15) is 17.5 Å². The second-order valence-electron chi connectivity index (χ2n) is 8.27. The van der Waals surface area contributed by atoms with Gasteiger partial charge in [0.2, 0.25) is 10.0 Å². The zero-order valence-electron chi connectivity index (χ0n) is 20.1. The standard InChI is InChI=1S/C21H26F3N5O3S.C2H4O2/c22-21(23,24)16-3-7-19(8-4-16)33(31,32)29-11-9-28(10-12-29)14-18(30)13-27-17-5-1-15(2-6-17)20(25)26;1-2(3)4/h1-8,18,27,30H,9-14H2,(H3,25,26);1H3,(H,3,4). The molecule has 1 aliphatic heterocycles. The first-order valence-electron chi connectivity index (χ1n) is 11.2. The number of hydrogen-bond donors (Lipinski definition) is 5. The number of sulfonamides is 1. The van der Waals surface area contributed by atoms with E-state index in [9.17, 15) is 26.7 Å². The van der Waals surface area contributed by atoms with Gasteiger partial charge < -0.3 is 21.3 Å². The summed E-state index contributed by atoms with van der Waals surface area (Å²) in [7, 11) is -3.89. The van der Waals surface area contributed by atoms with Crippen LogP contribution in [-0.2, 0) is 21.0 Å². The largest absolute Gasteiger partial charge is 0.481 e. The minimum absolute atomic E-state index is 0.0268. The van der Waals surface area contributed by atoms with Crippen molar-refractivity contribution in [3.05, 3.63) is 59.7 Å². The van der Waals surface area contributed by atoms with Crippen molar-refractivity contribution in [1.82, 2.24) is 9.21 Å². The summed E-state index contributed by atoms with van der Waals surface area (Å²) in [4.78, 5) is 10.8. The van der Waals surface area contributed by atoms with E-state index < -0.39 is 33.8 Å². The maximum absolute atomic E-state index is 12.7. The summed E-state index contributed by atoms with van der Waals surface area (Å²) in [6.07, 6.45) is -5.22. The molecule has 2 aromatic rings. The summed E-state index contributed by atoms with van der Waals surface area (Å²) in [5.41, 5.74) is 5.89. The highest BCUT2D eigenvalue weighted by atomic mass is 32.2. The molecule has 37 heavy (non-hydrogen) atoms. The highest BCUT2D eigenvalue weighted by Crippen LogP contribution is 2.30. The number of β-amino-alcohol motifs (C(OH)–C–C–N with tert-alkyl or cyclic N) is 1. The number of carboxylic acids is 1. The summed E-state index contributed by atoms with van der Waals surface area (Å²) in [5, 5.41) is 28.2. The average molecular weight is 546 g/mol. The van der Waals surface area contributed by atoms with Crippen LogP contribution in [0.4, 0.5) is 18.9 Å². The second kappa shape index (κ2) is 12.9. The van der Waals surface area contributed by atoms with Crippen molar-refractivity contribution in [1.29, 1.82) is 5.41 Å². The topological polar surface area (TPSA) is 160 Å². The number of anilines is 1. The zero-order valence-corrected chi connectivity index (χ0v) is 20.9. The first-order valence-corrected chi connectivity index (χ1v) is 12.6. The van der Waals surface area contributed by atoms with Crippen molar-refractivity contribution in [3.63, 3.8) is 0 Å². The normalized spacial score (nSPS) is 15.8. The van der Waals surface area contributed by atoms with Crippen molar-refractivity contribution in [2.24, 2.45) is 5.73 Å². The number of aliphatic hydroxyl groups is 1. The van der Waals surface area contributed by atoms with Crippen LogP contribution < -0.4 is 11.1 Å². The van der Waals surface area contributed by atoms with E-state index in [0.29, 0.717) is 25.2 Å². The second-order valence-corrected chi connectivity index (χ2v) is 10.2. The van der Waals surface area contributed by atoms with Crippen LogP contribution in [0.5, 0.6) is 0 Å². The van der Waals surface area contributed by atoms with Crippen LogP contribution in [0.25, 0.3) is 0 Å². The number of rotatable bonds is 8. The van der Waals surface area contributed by atoms with Gasteiger partial charge in [0.05, 0.1) is 16.6 Å². The van der Waals surface area contributed by atoms with Gasteiger partial charge in [0.15, 0.2) is 0 Å². The number of nitrogens with zero attached hydrogens (tertiary/aromatic N) is 2. The quantitative estimate of drug-likeness (QED) is 0.248. The van der Waals surface area contributed by atoms with Gasteiger partial charge in [0.25, 0.3) is 5.97 Å². The molecule has 1 atom stereocenters. The summed E-state index contributed by atoms with van der Waals surface area (Å²) in [6.45, 7) is 2.84. The van der Waals surface area contributed by atoms with Crippen LogP contribution in [0, 0.1) is 5.41 Å². The number of nitrogen functional groups attached to an aromatic ring is 1. The van der Waals surface area contributed by atoms with E-state index in [1.165, 1.54) is 4.31 Å². The summed E-state index contributed by atoms with van der Waals surface area (Å²) >= 11 is 0. The van der Waals surface area contributed by atoms with Crippen molar-refractivity contribution in [2.45, 2.75) is 24.1 Å². The lowest BCUT2D eigenvalue weighted by Gasteiger charge is -2.35. The summed E-state index contributed by atoms with van der Waals surface area (Å²) < 4.78 is 64.9. The highest BCUT2D eigenvalue weighted by Gasteiger charge is 2.32. The third-order valence-corrected chi connectivity index (χ3v) is 7.27. The molecule has 0 aromatic heterocycles. The maximum Gasteiger partial charge on any atom is 0.416 e. The number of piperazine rings is 1. The Kier molecular flexibility index (Phi) is 10.4. The SMILES string of the molecule is CC(=O)O.N=C(N)c1ccc(NCC(O)CN2CCN(S(=O)(=O)c3ccc(C(F)(F)F)cc3)CC2)cc1. The lowest BCUT2D eigenvalue weighted by Crippen LogP contribution is -2.50. The van der Waals surface area contributed by atoms with Gasteiger partial charge in [-0.25, -0.2) is 8.42 Å². The number of hydrogen-bond acceptors (Lipinski definition) is 7. The number of alkyl halides is 3. The fourth-order valence-electron chi connectivity index (χ4n) is 3.48. The first kappa shape index (κ1) is 30.0. The Morgan fingerprint density at radius 2 is 1.59 bits per heavy atom. The van der Waals surface area contributed by atoms with E-state index in [1.54, 1.807) is 24.3 Å². The van der Waals surface area contributed by atoms with Crippen molar-refractivity contribution in [3.8, 4) is 0 Å². The van der Waals surface area contributed by atoms with Crippen molar-refractivity contribution in [2.75, 3.05) is 44.6 Å². The van der Waals surface area contributed by atoms with Gasteiger partial charge in [0.1, 0.15) is 5.84 Å². The van der Waals surface area contributed by atoms with E-state index in [1.807, 2.05) is 4.90 Å². The number of aliphatic carboxylic acids is 1. The maximum atomic E-state index is 12.7. The molecule has 1 unspecified atom stereocenters. The Bertz CT molecular complexity index is 1150. The van der Waals surface area contributed by atoms with Gasteiger partial charge in [-0.15, -0.1) is 0 Å². The lowest BCUT2D eigenvalue weighted by molar-refractivity contribution is -0.137. The van der Waals surface area contributed by atoms with Crippen LogP contribution in [0.1, 0.15) is 18.1 Å². The minimum atomic E-state index is -4.53. The summed E-state index contributed by atoms with van der Waals surface area (Å²) in [6, 6.07) is 10.4. The van der Waals surface area contributed by atoms with E-state index in [4.69, 9.17) is 21.0 Å². The summed E-state index contributed by atoms with van der Waals surface area (Å²) in [5.74, 6) is -0.860. The fraction of sp³-hybridized carbons (Fsp3) is 0.391. The number of amidine groups is 1. The molecule has 204 valence electrons. The van der Waals surface area contributed by atoms with E-state index in [2.05, 4.69) is 5.32 Å². The molecule has 2 aromatic carbocycles. The third-order valence-electron chi connectivity index (χ3n) is 5.36. The molecule has 0 amide bonds. The molecule has 6 N–H and O–H groups in total. The average Bonchev–Trinajstić information content (AvgIpc) is 2.82. The predicted molar refractivity (Wildman–Crippen MR) is 132 cm³/mol.